The number of nitrogens with zero attached hydrogens (tertiary/aromatic N) is 1. The number of aromatic nitrogens is 2. The fourth-order valence-electron chi connectivity index (χ4n) is 4.15. The Morgan fingerprint density at radius 1 is 1.03 bits per heavy atom. The van der Waals surface area contributed by atoms with Gasteiger partial charge in [0, 0.05) is 16.1 Å². The van der Waals surface area contributed by atoms with Crippen molar-refractivity contribution in [1.82, 2.24) is 9.97 Å². The molecule has 4 rings (SSSR count). The monoisotopic (exact) mass is 495 g/mol. The summed E-state index contributed by atoms with van der Waals surface area (Å²) in [6.45, 7) is 3.42. The molecule has 184 valence electrons. The summed E-state index contributed by atoms with van der Waals surface area (Å²) >= 11 is 1.41. The molecule has 2 aromatic heterocycles. The maximum absolute atomic E-state index is 12.6. The number of thiophene rings is 1. The number of nitrogens with one attached hydrogen (secondary N) is 2. The number of anilines is 1. The van der Waals surface area contributed by atoms with E-state index in [1.165, 1.54) is 18.4 Å². The third-order valence-corrected chi connectivity index (χ3v) is 7.38. The molecule has 2 heterocycles. The van der Waals surface area contributed by atoms with Crippen LogP contribution >= 0.6 is 11.3 Å². The fraction of sp³-hybridized carbons (Fsp3) is 0.385. The molecule has 1 aliphatic carbocycles. The van der Waals surface area contributed by atoms with Gasteiger partial charge in [-0.2, -0.15) is 0 Å². The maximum atomic E-state index is 12.6. The Hall–Kier alpha value is -3.46. The number of aryl methyl sites for hydroxylation is 3. The first kappa shape index (κ1) is 24.7. The highest BCUT2D eigenvalue weighted by atomic mass is 32.1. The minimum atomic E-state index is -0.606. The van der Waals surface area contributed by atoms with Crippen LogP contribution in [0.1, 0.15) is 68.2 Å². The zero-order valence-electron chi connectivity index (χ0n) is 20.2. The summed E-state index contributed by atoms with van der Waals surface area (Å²) in [6.07, 6.45) is 5.99. The summed E-state index contributed by atoms with van der Waals surface area (Å²) in [5, 5.41) is 3.21. The molecule has 35 heavy (non-hydrogen) atoms. The highest BCUT2D eigenvalue weighted by Crippen LogP contribution is 2.37. The van der Waals surface area contributed by atoms with Gasteiger partial charge in [-0.15, -0.1) is 11.3 Å². The van der Waals surface area contributed by atoms with Gasteiger partial charge in [0.1, 0.15) is 10.8 Å². The van der Waals surface area contributed by atoms with Crippen molar-refractivity contribution < 1.29 is 23.9 Å². The Balaban J connectivity index is 1.40. The largest absolute Gasteiger partial charge is 0.465 e. The van der Waals surface area contributed by atoms with Gasteiger partial charge in [0.05, 0.1) is 23.9 Å². The van der Waals surface area contributed by atoms with E-state index in [0.717, 1.165) is 71.7 Å². The summed E-state index contributed by atoms with van der Waals surface area (Å²) in [6, 6.07) is 6.82. The molecule has 0 spiro atoms. The minimum Gasteiger partial charge on any atom is -0.465 e. The Morgan fingerprint density at radius 3 is 2.40 bits per heavy atom. The number of ether oxygens (including phenoxy) is 2. The average molecular weight is 496 g/mol. The lowest BCUT2D eigenvalue weighted by molar-refractivity contribution is -0.119. The molecule has 0 saturated heterocycles. The molecule has 1 aromatic carbocycles. The Bertz CT molecular complexity index is 1220. The van der Waals surface area contributed by atoms with Gasteiger partial charge in [0.2, 0.25) is 0 Å². The van der Waals surface area contributed by atoms with E-state index >= 15 is 0 Å². The molecule has 8 nitrogen and oxygen atoms in total. The van der Waals surface area contributed by atoms with Crippen molar-refractivity contribution in [2.75, 3.05) is 19.0 Å². The van der Waals surface area contributed by atoms with E-state index in [-0.39, 0.29) is 0 Å². The third-order valence-electron chi connectivity index (χ3n) is 6.17. The third kappa shape index (κ3) is 5.62. The lowest BCUT2D eigenvalue weighted by atomic mass is 9.96. The SMILES string of the molecule is COC(=O)c1c(NC(=O)COC(=O)c2ccc(-c3nc(C)c(C)[nH]3)cc2)sc2c1CCCCCC2. The Morgan fingerprint density at radius 2 is 1.74 bits per heavy atom. The molecular weight excluding hydrogens is 466 g/mol. The predicted molar refractivity (Wildman–Crippen MR) is 134 cm³/mol. The number of methoxy groups -OCH3 is 1. The number of imidazole rings is 1. The van der Waals surface area contributed by atoms with E-state index in [1.807, 2.05) is 13.8 Å². The molecule has 0 unspecified atom stereocenters. The number of benzene rings is 1. The van der Waals surface area contributed by atoms with E-state index in [4.69, 9.17) is 9.47 Å². The molecule has 1 amide bonds. The zero-order chi connectivity index (χ0) is 24.9. The fourth-order valence-corrected chi connectivity index (χ4v) is 5.44. The van der Waals surface area contributed by atoms with Crippen LogP contribution in [0.15, 0.2) is 24.3 Å². The van der Waals surface area contributed by atoms with Crippen LogP contribution in [0.2, 0.25) is 0 Å². The van der Waals surface area contributed by atoms with Crippen molar-refractivity contribution in [3.63, 3.8) is 0 Å². The van der Waals surface area contributed by atoms with E-state index in [1.54, 1.807) is 24.3 Å². The number of esters is 2. The second kappa shape index (κ2) is 10.9. The molecule has 0 fully saturated rings. The average Bonchev–Trinajstić information content (AvgIpc) is 3.35. The van der Waals surface area contributed by atoms with E-state index in [0.29, 0.717) is 16.1 Å². The molecule has 0 bridgehead atoms. The van der Waals surface area contributed by atoms with Crippen LogP contribution in [0.5, 0.6) is 0 Å². The number of H-pyrrole nitrogens is 1. The summed E-state index contributed by atoms with van der Waals surface area (Å²) in [4.78, 5) is 46.3. The van der Waals surface area contributed by atoms with Gasteiger partial charge >= 0.3 is 11.9 Å². The van der Waals surface area contributed by atoms with Gasteiger partial charge in [-0.05, 0) is 57.2 Å². The summed E-state index contributed by atoms with van der Waals surface area (Å²) < 4.78 is 10.2. The smallest absolute Gasteiger partial charge is 0.341 e. The summed E-state index contributed by atoms with van der Waals surface area (Å²) in [5.41, 5.74) is 4.48. The first-order chi connectivity index (χ1) is 16.9. The van der Waals surface area contributed by atoms with E-state index < -0.39 is 24.5 Å². The van der Waals surface area contributed by atoms with Crippen LogP contribution in [0, 0.1) is 13.8 Å². The van der Waals surface area contributed by atoms with Crippen molar-refractivity contribution in [3.8, 4) is 11.4 Å². The normalized spacial score (nSPS) is 13.3. The van der Waals surface area contributed by atoms with Gasteiger partial charge in [-0.25, -0.2) is 14.6 Å². The highest BCUT2D eigenvalue weighted by Gasteiger charge is 2.26. The van der Waals surface area contributed by atoms with Gasteiger partial charge in [0.25, 0.3) is 5.91 Å². The molecule has 0 aliphatic heterocycles. The maximum Gasteiger partial charge on any atom is 0.341 e. The van der Waals surface area contributed by atoms with Crippen LogP contribution < -0.4 is 5.32 Å². The van der Waals surface area contributed by atoms with Crippen LogP contribution in [-0.2, 0) is 27.1 Å². The van der Waals surface area contributed by atoms with Crippen molar-refractivity contribution >= 4 is 34.2 Å². The van der Waals surface area contributed by atoms with Crippen LogP contribution in [0.25, 0.3) is 11.4 Å². The minimum absolute atomic E-state index is 0.330. The van der Waals surface area contributed by atoms with Crippen molar-refractivity contribution in [2.24, 2.45) is 0 Å². The molecule has 1 aliphatic rings. The number of fused-ring (bicyclic) bond motifs is 1. The summed E-state index contributed by atoms with van der Waals surface area (Å²) in [7, 11) is 1.34. The molecule has 9 heteroatoms. The summed E-state index contributed by atoms with van der Waals surface area (Å²) in [5.74, 6) is -0.843. The van der Waals surface area contributed by atoms with Gasteiger partial charge in [0.15, 0.2) is 6.61 Å². The lowest BCUT2D eigenvalue weighted by Crippen LogP contribution is -2.21. The van der Waals surface area contributed by atoms with Crippen LogP contribution in [0.4, 0.5) is 5.00 Å². The number of carbonyl (C=O) groups excluding carboxylic acids is 3. The Kier molecular flexibility index (Phi) is 7.65. The second-order valence-electron chi connectivity index (χ2n) is 8.61. The van der Waals surface area contributed by atoms with Crippen LogP contribution in [0.3, 0.4) is 0 Å². The second-order valence-corrected chi connectivity index (χ2v) is 9.72. The van der Waals surface area contributed by atoms with Gasteiger partial charge < -0.3 is 19.8 Å². The molecule has 2 N–H and O–H groups in total. The quantitative estimate of drug-likeness (QED) is 0.466. The molecule has 0 saturated carbocycles. The highest BCUT2D eigenvalue weighted by molar-refractivity contribution is 7.17. The topological polar surface area (TPSA) is 110 Å². The molecule has 3 aromatic rings. The van der Waals surface area contributed by atoms with E-state index in [2.05, 4.69) is 15.3 Å². The molecule has 0 radical (unpaired) electrons. The standard InChI is InChI=1S/C26H29N3O5S/c1-15-16(2)28-23(27-15)17-10-12-18(13-11-17)25(31)34-14-21(30)29-24-22(26(32)33-3)19-8-6-4-5-7-9-20(19)35-24/h10-13H,4-9,14H2,1-3H3,(H,27,28)(H,29,30). The number of hydrogen-bond donors (Lipinski definition) is 2. The van der Waals surface area contributed by atoms with Gasteiger partial charge in [-0.1, -0.05) is 25.0 Å². The van der Waals surface area contributed by atoms with E-state index in [9.17, 15) is 14.4 Å². The van der Waals surface area contributed by atoms with Crippen molar-refractivity contribution in [1.29, 1.82) is 0 Å². The number of aromatic amines is 1. The zero-order valence-corrected chi connectivity index (χ0v) is 21.0. The van der Waals surface area contributed by atoms with Crippen molar-refractivity contribution in [2.45, 2.75) is 52.4 Å². The number of rotatable bonds is 6. The van der Waals surface area contributed by atoms with Crippen LogP contribution in [-0.4, -0.2) is 41.5 Å². The first-order valence-electron chi connectivity index (χ1n) is 11.7. The molecular formula is C26H29N3O5S. The predicted octanol–water partition coefficient (Wildman–Crippen LogP) is 5.00. The van der Waals surface area contributed by atoms with Crippen molar-refractivity contribution in [3.05, 3.63) is 57.2 Å². The number of carbonyl (C=O) groups is 3. The number of hydrogen-bond acceptors (Lipinski definition) is 7. The lowest BCUT2D eigenvalue weighted by Gasteiger charge is -2.11. The Labute approximate surface area is 208 Å². The van der Waals surface area contributed by atoms with Gasteiger partial charge in [-0.3, -0.25) is 4.79 Å². The molecule has 0 atom stereocenters. The number of amides is 1. The first-order valence-corrected chi connectivity index (χ1v) is 12.5.